The number of para-hydroxylation sites is 1. The van der Waals surface area contributed by atoms with Gasteiger partial charge in [-0.15, -0.1) is 0 Å². The molecule has 1 aliphatic carbocycles. The molecule has 1 fully saturated rings. The number of imide groups is 1. The molecule has 1 saturated carbocycles. The molecule has 0 bridgehead atoms. The molecule has 1 heterocycles. The van der Waals surface area contributed by atoms with Crippen molar-refractivity contribution in [1.29, 1.82) is 0 Å². The number of hydrogen-bond donors (Lipinski definition) is 2. The Morgan fingerprint density at radius 2 is 1.85 bits per heavy atom. The van der Waals surface area contributed by atoms with E-state index in [0.717, 1.165) is 29.9 Å². The van der Waals surface area contributed by atoms with Gasteiger partial charge in [-0.3, -0.25) is 10.1 Å². The molecule has 0 atom stereocenters. The Hall–Kier alpha value is -3.09. The Balaban J connectivity index is 1.61. The Morgan fingerprint density at radius 3 is 2.50 bits per heavy atom. The lowest BCUT2D eigenvalue weighted by Gasteiger charge is -2.10. The summed E-state index contributed by atoms with van der Waals surface area (Å²) in [5, 5.41) is 4.77. The number of nitrogens with one attached hydrogen (secondary N) is 2. The maximum atomic E-state index is 12.3. The first-order chi connectivity index (χ1) is 12.5. The average molecular weight is 355 g/mol. The van der Waals surface area contributed by atoms with Crippen molar-refractivity contribution in [2.24, 2.45) is 0 Å². The highest BCUT2D eigenvalue weighted by Crippen LogP contribution is 2.21. The number of urea groups is 1. The van der Waals surface area contributed by atoms with E-state index in [9.17, 15) is 14.4 Å². The summed E-state index contributed by atoms with van der Waals surface area (Å²) in [5.41, 5.74) is 2.94. The Kier molecular flexibility index (Phi) is 5.06. The van der Waals surface area contributed by atoms with Crippen LogP contribution in [0.1, 0.15) is 34.6 Å². The van der Waals surface area contributed by atoms with Crippen LogP contribution in [0.25, 0.3) is 5.69 Å². The van der Waals surface area contributed by atoms with Crippen LogP contribution in [-0.4, -0.2) is 35.1 Å². The van der Waals surface area contributed by atoms with Crippen LogP contribution in [0, 0.1) is 13.8 Å². The standard InChI is InChI=1S/C19H21N3O4/c1-12-10-16(13(2)22(12)15-6-4-3-5-7-15)18(24)26-11-17(23)21-19(25)20-14-8-9-14/h3-7,10,14H,8-9,11H2,1-2H3,(H2,20,21,23,25). The Morgan fingerprint density at radius 1 is 1.15 bits per heavy atom. The van der Waals surface area contributed by atoms with E-state index < -0.39 is 24.5 Å². The van der Waals surface area contributed by atoms with Crippen molar-refractivity contribution < 1.29 is 19.1 Å². The molecule has 1 aromatic carbocycles. The van der Waals surface area contributed by atoms with Gasteiger partial charge in [-0.25, -0.2) is 9.59 Å². The molecular formula is C19H21N3O4. The minimum Gasteiger partial charge on any atom is -0.452 e. The predicted octanol–water partition coefficient (Wildman–Crippen LogP) is 2.24. The molecule has 0 aliphatic heterocycles. The molecule has 0 radical (unpaired) electrons. The van der Waals surface area contributed by atoms with Crippen LogP contribution in [0.4, 0.5) is 4.79 Å². The number of amides is 3. The van der Waals surface area contributed by atoms with Crippen molar-refractivity contribution in [2.75, 3.05) is 6.61 Å². The highest BCUT2D eigenvalue weighted by molar-refractivity contribution is 5.97. The van der Waals surface area contributed by atoms with E-state index in [-0.39, 0.29) is 6.04 Å². The van der Waals surface area contributed by atoms with Crippen molar-refractivity contribution in [3.8, 4) is 5.69 Å². The molecule has 3 rings (SSSR count). The normalized spacial score (nSPS) is 13.2. The van der Waals surface area contributed by atoms with Crippen molar-refractivity contribution >= 4 is 17.9 Å². The Bertz CT molecular complexity index is 838. The van der Waals surface area contributed by atoms with Crippen molar-refractivity contribution in [3.63, 3.8) is 0 Å². The fourth-order valence-electron chi connectivity index (χ4n) is 2.76. The summed E-state index contributed by atoms with van der Waals surface area (Å²) >= 11 is 0. The van der Waals surface area contributed by atoms with E-state index in [2.05, 4.69) is 10.6 Å². The van der Waals surface area contributed by atoms with Crippen molar-refractivity contribution in [2.45, 2.75) is 32.7 Å². The van der Waals surface area contributed by atoms with Gasteiger partial charge in [0.15, 0.2) is 6.61 Å². The molecule has 136 valence electrons. The molecule has 2 N–H and O–H groups in total. The topological polar surface area (TPSA) is 89.4 Å². The molecule has 7 heteroatoms. The second kappa shape index (κ2) is 7.43. The summed E-state index contributed by atoms with van der Waals surface area (Å²) in [6.45, 7) is 3.21. The molecule has 1 aromatic heterocycles. The SMILES string of the molecule is Cc1cc(C(=O)OCC(=O)NC(=O)NC2CC2)c(C)n1-c1ccccc1. The van der Waals surface area contributed by atoms with Gasteiger partial charge in [-0.1, -0.05) is 18.2 Å². The fraction of sp³-hybridized carbons (Fsp3) is 0.316. The lowest BCUT2D eigenvalue weighted by Crippen LogP contribution is -2.42. The zero-order valence-electron chi connectivity index (χ0n) is 14.7. The van der Waals surface area contributed by atoms with Gasteiger partial charge in [0.05, 0.1) is 5.56 Å². The van der Waals surface area contributed by atoms with Crippen LogP contribution < -0.4 is 10.6 Å². The fourth-order valence-corrected chi connectivity index (χ4v) is 2.76. The number of esters is 1. The first-order valence-electron chi connectivity index (χ1n) is 8.47. The first kappa shape index (κ1) is 17.7. The van der Waals surface area contributed by atoms with Gasteiger partial charge < -0.3 is 14.6 Å². The summed E-state index contributed by atoms with van der Waals surface area (Å²) in [6.07, 6.45) is 1.85. The number of aromatic nitrogens is 1. The molecule has 0 spiro atoms. The smallest absolute Gasteiger partial charge is 0.340 e. The van der Waals surface area contributed by atoms with Crippen molar-refractivity contribution in [1.82, 2.24) is 15.2 Å². The minimum atomic E-state index is -0.659. The number of hydrogen-bond acceptors (Lipinski definition) is 4. The minimum absolute atomic E-state index is 0.147. The van der Waals surface area contributed by atoms with E-state index in [1.807, 2.05) is 48.7 Å². The predicted molar refractivity (Wildman–Crippen MR) is 95.2 cm³/mol. The third-order valence-corrected chi connectivity index (χ3v) is 4.17. The molecule has 0 saturated heterocycles. The molecule has 1 aliphatic rings. The van der Waals surface area contributed by atoms with Gasteiger partial charge in [0.25, 0.3) is 5.91 Å². The zero-order chi connectivity index (χ0) is 18.7. The number of benzene rings is 1. The molecule has 26 heavy (non-hydrogen) atoms. The number of carbonyl (C=O) groups excluding carboxylic acids is 3. The monoisotopic (exact) mass is 355 g/mol. The van der Waals surface area contributed by atoms with Crippen LogP contribution >= 0.6 is 0 Å². The van der Waals surface area contributed by atoms with Crippen LogP contribution in [-0.2, 0) is 9.53 Å². The lowest BCUT2D eigenvalue weighted by molar-refractivity contribution is -0.123. The van der Waals surface area contributed by atoms with Gasteiger partial charge in [-0.2, -0.15) is 0 Å². The third-order valence-electron chi connectivity index (χ3n) is 4.17. The summed E-state index contributed by atoms with van der Waals surface area (Å²) in [5.74, 6) is -1.26. The second-order valence-corrected chi connectivity index (χ2v) is 6.33. The molecular weight excluding hydrogens is 334 g/mol. The first-order valence-corrected chi connectivity index (χ1v) is 8.47. The van der Waals surface area contributed by atoms with E-state index in [4.69, 9.17) is 4.74 Å². The summed E-state index contributed by atoms with van der Waals surface area (Å²) in [4.78, 5) is 35.5. The number of rotatable bonds is 5. The van der Waals surface area contributed by atoms with Crippen LogP contribution in [0.2, 0.25) is 0 Å². The summed E-state index contributed by atoms with van der Waals surface area (Å²) in [7, 11) is 0. The highest BCUT2D eigenvalue weighted by Gasteiger charge is 2.24. The van der Waals surface area contributed by atoms with E-state index >= 15 is 0 Å². The average Bonchev–Trinajstić information content (AvgIpc) is 3.36. The number of aryl methyl sites for hydroxylation is 1. The van der Waals surface area contributed by atoms with Gasteiger partial charge in [0, 0.05) is 23.1 Å². The van der Waals surface area contributed by atoms with Gasteiger partial charge >= 0.3 is 12.0 Å². The van der Waals surface area contributed by atoms with Crippen molar-refractivity contribution in [3.05, 3.63) is 53.3 Å². The van der Waals surface area contributed by atoms with Gasteiger partial charge in [-0.05, 0) is 44.9 Å². The van der Waals surface area contributed by atoms with E-state index in [1.54, 1.807) is 6.07 Å². The molecule has 2 aromatic rings. The second-order valence-electron chi connectivity index (χ2n) is 6.33. The maximum absolute atomic E-state index is 12.3. The van der Waals surface area contributed by atoms with Crippen LogP contribution in [0.15, 0.2) is 36.4 Å². The van der Waals surface area contributed by atoms with Gasteiger partial charge in [0.2, 0.25) is 0 Å². The molecule has 7 nitrogen and oxygen atoms in total. The van der Waals surface area contributed by atoms with E-state index in [1.165, 1.54) is 0 Å². The van der Waals surface area contributed by atoms with Crippen LogP contribution in [0.3, 0.4) is 0 Å². The number of carbonyl (C=O) groups is 3. The lowest BCUT2D eigenvalue weighted by atomic mass is 10.2. The number of ether oxygens (including phenoxy) is 1. The van der Waals surface area contributed by atoms with Gasteiger partial charge in [0.1, 0.15) is 0 Å². The largest absolute Gasteiger partial charge is 0.452 e. The molecule has 0 unspecified atom stereocenters. The number of nitrogens with zero attached hydrogens (tertiary/aromatic N) is 1. The van der Waals surface area contributed by atoms with Crippen LogP contribution in [0.5, 0.6) is 0 Å². The summed E-state index contributed by atoms with van der Waals surface area (Å²) in [6, 6.07) is 11.0. The summed E-state index contributed by atoms with van der Waals surface area (Å²) < 4.78 is 7.00. The quantitative estimate of drug-likeness (QED) is 0.805. The highest BCUT2D eigenvalue weighted by atomic mass is 16.5. The zero-order valence-corrected chi connectivity index (χ0v) is 14.7. The molecule has 3 amide bonds. The maximum Gasteiger partial charge on any atom is 0.340 e. The van der Waals surface area contributed by atoms with E-state index in [0.29, 0.717) is 5.56 Å². The Labute approximate surface area is 151 Å². The third kappa shape index (κ3) is 4.11.